The monoisotopic (exact) mass is 466 g/mol. The Bertz CT molecular complexity index is 930. The predicted octanol–water partition coefficient (Wildman–Crippen LogP) is 3.76. The zero-order valence-corrected chi connectivity index (χ0v) is 19.8. The molecule has 7 nitrogen and oxygen atoms in total. The molecular weight excluding hydrogens is 432 g/mol. The fourth-order valence-electron chi connectivity index (χ4n) is 3.88. The lowest BCUT2D eigenvalue weighted by Crippen LogP contribution is -2.57. The summed E-state index contributed by atoms with van der Waals surface area (Å²) in [6, 6.07) is 15.8. The van der Waals surface area contributed by atoms with E-state index in [-0.39, 0.29) is 24.8 Å². The Labute approximate surface area is 201 Å². The molecule has 1 heterocycles. The van der Waals surface area contributed by atoms with Crippen molar-refractivity contribution in [1.82, 2.24) is 10.2 Å². The molecule has 34 heavy (non-hydrogen) atoms. The molecule has 7 heteroatoms. The smallest absolute Gasteiger partial charge is 0.308 e. The molecule has 1 aliphatic heterocycles. The summed E-state index contributed by atoms with van der Waals surface area (Å²) < 4.78 is 11.1. The zero-order valence-electron chi connectivity index (χ0n) is 19.8. The van der Waals surface area contributed by atoms with Crippen LogP contribution in [0.2, 0.25) is 0 Å². The van der Waals surface area contributed by atoms with Gasteiger partial charge in [0, 0.05) is 25.1 Å². The van der Waals surface area contributed by atoms with Crippen molar-refractivity contribution in [3.63, 3.8) is 0 Å². The van der Waals surface area contributed by atoms with E-state index in [9.17, 15) is 14.4 Å². The fourth-order valence-corrected chi connectivity index (χ4v) is 3.88. The Balaban J connectivity index is 1.53. The van der Waals surface area contributed by atoms with E-state index in [4.69, 9.17) is 9.47 Å². The second-order valence-corrected chi connectivity index (χ2v) is 8.40. The van der Waals surface area contributed by atoms with Crippen LogP contribution in [-0.2, 0) is 20.7 Å². The van der Waals surface area contributed by atoms with Gasteiger partial charge < -0.3 is 19.7 Å². The summed E-state index contributed by atoms with van der Waals surface area (Å²) in [6.45, 7) is 3.73. The third-order valence-corrected chi connectivity index (χ3v) is 5.82. The van der Waals surface area contributed by atoms with Gasteiger partial charge in [-0.3, -0.25) is 14.4 Å². The van der Waals surface area contributed by atoms with Crippen LogP contribution in [0, 0.1) is 0 Å². The van der Waals surface area contributed by atoms with Crippen LogP contribution in [0.15, 0.2) is 54.6 Å². The van der Waals surface area contributed by atoms with Gasteiger partial charge in [-0.05, 0) is 36.2 Å². The summed E-state index contributed by atoms with van der Waals surface area (Å²) in [5.74, 6) is -0.413. The van der Waals surface area contributed by atoms with Gasteiger partial charge in [-0.15, -0.1) is 0 Å². The highest BCUT2D eigenvalue weighted by atomic mass is 16.5. The Kier molecular flexibility index (Phi) is 9.95. The number of piperazine rings is 1. The maximum absolute atomic E-state index is 13.1. The first-order valence-electron chi connectivity index (χ1n) is 12.1. The van der Waals surface area contributed by atoms with E-state index in [1.807, 2.05) is 30.3 Å². The van der Waals surface area contributed by atoms with E-state index >= 15 is 0 Å². The summed E-state index contributed by atoms with van der Waals surface area (Å²) >= 11 is 0. The Morgan fingerprint density at radius 3 is 2.50 bits per heavy atom. The van der Waals surface area contributed by atoms with Gasteiger partial charge in [-0.1, -0.05) is 56.5 Å². The van der Waals surface area contributed by atoms with E-state index in [1.54, 1.807) is 24.3 Å². The molecule has 2 aromatic carbocycles. The van der Waals surface area contributed by atoms with E-state index in [2.05, 4.69) is 12.2 Å². The molecule has 0 saturated carbocycles. The highest BCUT2D eigenvalue weighted by Gasteiger charge is 2.35. The third-order valence-electron chi connectivity index (χ3n) is 5.82. The highest BCUT2D eigenvalue weighted by Crippen LogP contribution is 2.18. The van der Waals surface area contributed by atoms with Gasteiger partial charge in [0.1, 0.15) is 11.8 Å². The van der Waals surface area contributed by atoms with Crippen molar-refractivity contribution in [2.45, 2.75) is 51.5 Å². The van der Waals surface area contributed by atoms with Crippen LogP contribution in [0.4, 0.5) is 0 Å². The molecule has 0 aromatic heterocycles. The van der Waals surface area contributed by atoms with Gasteiger partial charge in [-0.2, -0.15) is 0 Å². The summed E-state index contributed by atoms with van der Waals surface area (Å²) in [6.07, 6.45) is 4.94. The summed E-state index contributed by atoms with van der Waals surface area (Å²) in [5, 5.41) is 2.74. The van der Waals surface area contributed by atoms with Crippen LogP contribution in [0.25, 0.3) is 0 Å². The number of carbonyl (C=O) groups is 3. The second-order valence-electron chi connectivity index (χ2n) is 8.40. The molecule has 1 fully saturated rings. The normalized spacial score (nSPS) is 15.5. The van der Waals surface area contributed by atoms with Crippen LogP contribution in [0.3, 0.4) is 0 Å². The van der Waals surface area contributed by atoms with Gasteiger partial charge in [0.15, 0.2) is 0 Å². The summed E-state index contributed by atoms with van der Waals surface area (Å²) in [4.78, 5) is 39.5. The molecule has 1 unspecified atom stereocenters. The minimum Gasteiger partial charge on any atom is -0.494 e. The molecule has 2 amide bonds. The Morgan fingerprint density at radius 1 is 1.00 bits per heavy atom. The average Bonchev–Trinajstić information content (AvgIpc) is 2.86. The van der Waals surface area contributed by atoms with E-state index < -0.39 is 12.0 Å². The summed E-state index contributed by atoms with van der Waals surface area (Å²) in [7, 11) is 0. The number of hydrogen-bond donors (Lipinski definition) is 1. The third kappa shape index (κ3) is 7.61. The number of nitrogens with one attached hydrogen (secondary N) is 1. The van der Waals surface area contributed by atoms with Crippen molar-refractivity contribution in [2.24, 2.45) is 0 Å². The molecular formula is C27H34N2O5. The lowest BCUT2D eigenvalue weighted by atomic mass is 10.1. The van der Waals surface area contributed by atoms with Crippen molar-refractivity contribution in [3.05, 3.63) is 65.7 Å². The maximum Gasteiger partial charge on any atom is 0.308 e. The van der Waals surface area contributed by atoms with Gasteiger partial charge in [0.2, 0.25) is 5.91 Å². The fraction of sp³-hybridized carbons (Fsp3) is 0.444. The minimum absolute atomic E-state index is 0.175. The number of rotatable bonds is 12. The van der Waals surface area contributed by atoms with Crippen LogP contribution in [0.1, 0.15) is 54.9 Å². The number of ether oxygens (including phenoxy) is 2. The minimum atomic E-state index is -0.889. The number of nitrogens with zero attached hydrogens (tertiary/aromatic N) is 1. The molecule has 0 bridgehead atoms. The molecule has 1 saturated heterocycles. The van der Waals surface area contributed by atoms with Gasteiger partial charge in [0.25, 0.3) is 5.91 Å². The molecule has 0 aliphatic carbocycles. The van der Waals surface area contributed by atoms with E-state index in [1.165, 1.54) is 17.7 Å². The zero-order chi connectivity index (χ0) is 24.2. The molecule has 0 radical (unpaired) electrons. The second kappa shape index (κ2) is 13.4. The lowest BCUT2D eigenvalue weighted by molar-refractivity contribution is -0.147. The number of carbonyl (C=O) groups excluding carboxylic acids is 3. The van der Waals surface area contributed by atoms with Gasteiger partial charge in [0.05, 0.1) is 19.6 Å². The van der Waals surface area contributed by atoms with Crippen molar-refractivity contribution in [2.75, 3.05) is 26.3 Å². The number of benzene rings is 2. The van der Waals surface area contributed by atoms with Crippen molar-refractivity contribution in [1.29, 1.82) is 0 Å². The predicted molar refractivity (Wildman–Crippen MR) is 130 cm³/mol. The van der Waals surface area contributed by atoms with Crippen LogP contribution in [-0.4, -0.2) is 55.0 Å². The molecule has 0 spiro atoms. The molecule has 1 atom stereocenters. The Morgan fingerprint density at radius 2 is 1.76 bits per heavy atom. The molecule has 1 aliphatic rings. The first kappa shape index (κ1) is 25.3. The van der Waals surface area contributed by atoms with E-state index in [0.717, 1.165) is 18.4 Å². The number of unbranched alkanes of at least 4 members (excludes halogenated alkanes) is 3. The number of esters is 1. The average molecular weight is 467 g/mol. The Hall–Kier alpha value is -3.35. The van der Waals surface area contributed by atoms with Gasteiger partial charge >= 0.3 is 5.97 Å². The first-order chi connectivity index (χ1) is 16.6. The molecule has 182 valence electrons. The van der Waals surface area contributed by atoms with Crippen molar-refractivity contribution in [3.8, 4) is 5.75 Å². The maximum atomic E-state index is 13.1. The lowest BCUT2D eigenvalue weighted by Gasteiger charge is -2.34. The van der Waals surface area contributed by atoms with Gasteiger partial charge in [-0.25, -0.2) is 0 Å². The van der Waals surface area contributed by atoms with Crippen LogP contribution < -0.4 is 10.1 Å². The van der Waals surface area contributed by atoms with Crippen molar-refractivity contribution >= 4 is 17.8 Å². The van der Waals surface area contributed by atoms with E-state index in [0.29, 0.717) is 37.4 Å². The highest BCUT2D eigenvalue weighted by molar-refractivity contribution is 5.99. The largest absolute Gasteiger partial charge is 0.494 e. The number of amides is 2. The van der Waals surface area contributed by atoms with Crippen molar-refractivity contribution < 1.29 is 23.9 Å². The quantitative estimate of drug-likeness (QED) is 0.380. The van der Waals surface area contributed by atoms with Crippen LogP contribution >= 0.6 is 0 Å². The molecule has 1 N–H and O–H groups in total. The standard InChI is InChI=1S/C27H34N2O5/c1-2-3-4-8-18-33-23-13-11-22(12-14-23)27(32)29-17-16-28-26(31)24(29)20-25(30)34-19-15-21-9-6-5-7-10-21/h5-7,9-14,24H,2-4,8,15-20H2,1H3,(H,28,31). The topological polar surface area (TPSA) is 84.9 Å². The molecule has 3 rings (SSSR count). The first-order valence-corrected chi connectivity index (χ1v) is 12.1. The SMILES string of the molecule is CCCCCCOc1ccc(C(=O)N2CCNC(=O)C2CC(=O)OCCc2ccccc2)cc1. The molecule has 2 aromatic rings. The number of hydrogen-bond acceptors (Lipinski definition) is 5. The van der Waals surface area contributed by atoms with Crippen LogP contribution in [0.5, 0.6) is 5.75 Å². The summed E-state index contributed by atoms with van der Waals surface area (Å²) in [5.41, 5.74) is 1.52.